The molecule has 0 aliphatic carbocycles. The van der Waals surface area contributed by atoms with Gasteiger partial charge in [-0.15, -0.1) is 11.3 Å². The number of nitrogen functional groups attached to an aromatic ring is 1. The molecule has 0 bridgehead atoms. The largest absolute Gasteiger partial charge is 0.382 e. The van der Waals surface area contributed by atoms with Gasteiger partial charge >= 0.3 is 0 Å². The van der Waals surface area contributed by atoms with E-state index in [0.29, 0.717) is 12.4 Å². The number of halogens is 1. The van der Waals surface area contributed by atoms with Crippen molar-refractivity contribution in [2.45, 2.75) is 6.54 Å². The predicted octanol–water partition coefficient (Wildman–Crippen LogP) is 1.70. The molecule has 2 aromatic rings. The molecule has 2 N–H and O–H groups in total. The van der Waals surface area contributed by atoms with Crippen LogP contribution in [0.4, 0.5) is 5.82 Å². The highest BCUT2D eigenvalue weighted by atomic mass is 79.9. The fraction of sp³-hybridized carbons (Fsp3) is 0.111. The Hall–Kier alpha value is -1.14. The molecule has 0 saturated heterocycles. The summed E-state index contributed by atoms with van der Waals surface area (Å²) in [5.74, 6) is 0.352. The van der Waals surface area contributed by atoms with Crippen LogP contribution in [0, 0.1) is 0 Å². The lowest BCUT2D eigenvalue weighted by Gasteiger charge is -2.02. The number of nitrogens with zero attached hydrogens (tertiary/aromatic N) is 2. The Morgan fingerprint density at radius 3 is 3.00 bits per heavy atom. The van der Waals surface area contributed by atoms with E-state index < -0.39 is 0 Å². The van der Waals surface area contributed by atoms with E-state index in [1.807, 2.05) is 11.4 Å². The van der Waals surface area contributed by atoms with Crippen LogP contribution in [0.2, 0.25) is 0 Å². The maximum atomic E-state index is 11.4. The molecular weight excluding hydrogens is 278 g/mol. The molecule has 0 amide bonds. The zero-order valence-electron chi connectivity index (χ0n) is 7.68. The van der Waals surface area contributed by atoms with Crippen LogP contribution in [0.5, 0.6) is 0 Å². The predicted molar refractivity (Wildman–Crippen MR) is 64.0 cm³/mol. The van der Waals surface area contributed by atoms with Crippen LogP contribution in [-0.4, -0.2) is 9.78 Å². The van der Waals surface area contributed by atoms with E-state index in [4.69, 9.17) is 5.73 Å². The van der Waals surface area contributed by atoms with E-state index >= 15 is 0 Å². The lowest BCUT2D eigenvalue weighted by atomic mass is 10.4. The molecular formula is C9H8BrN3OS. The van der Waals surface area contributed by atoms with Crippen molar-refractivity contribution in [2.75, 3.05) is 5.73 Å². The summed E-state index contributed by atoms with van der Waals surface area (Å²) in [6, 6.07) is 4.89. The van der Waals surface area contributed by atoms with Crippen molar-refractivity contribution in [1.29, 1.82) is 0 Å². The molecule has 0 aliphatic heterocycles. The number of rotatable bonds is 2. The molecule has 15 heavy (non-hydrogen) atoms. The SMILES string of the molecule is Nc1ccc(=O)n(Cc2cc(Br)cs2)n1. The van der Waals surface area contributed by atoms with Crippen molar-refractivity contribution in [2.24, 2.45) is 0 Å². The number of anilines is 1. The van der Waals surface area contributed by atoms with Crippen LogP contribution in [0.25, 0.3) is 0 Å². The minimum absolute atomic E-state index is 0.145. The van der Waals surface area contributed by atoms with Gasteiger partial charge in [-0.25, -0.2) is 4.68 Å². The highest BCUT2D eigenvalue weighted by molar-refractivity contribution is 9.10. The van der Waals surface area contributed by atoms with Gasteiger partial charge in [0.25, 0.3) is 5.56 Å². The van der Waals surface area contributed by atoms with E-state index in [-0.39, 0.29) is 5.56 Å². The molecule has 0 radical (unpaired) electrons. The molecule has 78 valence electrons. The Morgan fingerprint density at radius 2 is 2.33 bits per heavy atom. The lowest BCUT2D eigenvalue weighted by Crippen LogP contribution is -2.22. The normalized spacial score (nSPS) is 10.5. The van der Waals surface area contributed by atoms with Gasteiger partial charge in [-0.05, 0) is 28.1 Å². The minimum atomic E-state index is -0.145. The summed E-state index contributed by atoms with van der Waals surface area (Å²) < 4.78 is 2.37. The maximum Gasteiger partial charge on any atom is 0.267 e. The van der Waals surface area contributed by atoms with Gasteiger partial charge in [-0.2, -0.15) is 5.10 Å². The topological polar surface area (TPSA) is 60.9 Å². The maximum absolute atomic E-state index is 11.4. The zero-order chi connectivity index (χ0) is 10.8. The summed E-state index contributed by atoms with van der Waals surface area (Å²) in [5.41, 5.74) is 5.36. The first-order chi connectivity index (χ1) is 7.15. The van der Waals surface area contributed by atoms with Gasteiger partial charge in [0.05, 0.1) is 6.54 Å². The highest BCUT2D eigenvalue weighted by Crippen LogP contribution is 2.19. The Bertz CT molecular complexity index is 534. The van der Waals surface area contributed by atoms with Crippen LogP contribution >= 0.6 is 27.3 Å². The molecule has 2 heterocycles. The molecule has 0 aliphatic rings. The average molecular weight is 286 g/mol. The van der Waals surface area contributed by atoms with E-state index in [1.165, 1.54) is 16.8 Å². The van der Waals surface area contributed by atoms with Crippen LogP contribution in [-0.2, 0) is 6.54 Å². The highest BCUT2D eigenvalue weighted by Gasteiger charge is 2.02. The van der Waals surface area contributed by atoms with Crippen LogP contribution in [0.3, 0.4) is 0 Å². The molecule has 2 aromatic heterocycles. The molecule has 0 saturated carbocycles. The zero-order valence-corrected chi connectivity index (χ0v) is 10.1. The fourth-order valence-electron chi connectivity index (χ4n) is 1.16. The van der Waals surface area contributed by atoms with Gasteiger partial charge in [0, 0.05) is 20.8 Å². The lowest BCUT2D eigenvalue weighted by molar-refractivity contribution is 0.650. The smallest absolute Gasteiger partial charge is 0.267 e. The van der Waals surface area contributed by atoms with E-state index in [9.17, 15) is 4.79 Å². The van der Waals surface area contributed by atoms with Gasteiger partial charge in [0.1, 0.15) is 5.82 Å². The Kier molecular flexibility index (Phi) is 2.88. The number of aromatic nitrogens is 2. The molecule has 0 spiro atoms. The summed E-state index contributed by atoms with van der Waals surface area (Å²) >= 11 is 4.93. The Labute approximate surface area is 98.5 Å². The van der Waals surface area contributed by atoms with Crippen molar-refractivity contribution in [3.8, 4) is 0 Å². The Balaban J connectivity index is 2.31. The third-order valence-corrected chi connectivity index (χ3v) is 3.50. The summed E-state index contributed by atoms with van der Waals surface area (Å²) in [7, 11) is 0. The van der Waals surface area contributed by atoms with Crippen LogP contribution < -0.4 is 11.3 Å². The second kappa shape index (κ2) is 4.16. The molecule has 4 nitrogen and oxygen atoms in total. The first-order valence-electron chi connectivity index (χ1n) is 4.22. The number of hydrogen-bond acceptors (Lipinski definition) is 4. The van der Waals surface area contributed by atoms with Crippen molar-refractivity contribution in [1.82, 2.24) is 9.78 Å². The third kappa shape index (κ3) is 2.45. The number of hydrogen-bond donors (Lipinski definition) is 1. The molecule has 2 rings (SSSR count). The molecule has 0 atom stereocenters. The first-order valence-corrected chi connectivity index (χ1v) is 5.89. The number of thiophene rings is 1. The van der Waals surface area contributed by atoms with Crippen molar-refractivity contribution in [3.63, 3.8) is 0 Å². The monoisotopic (exact) mass is 285 g/mol. The second-order valence-electron chi connectivity index (χ2n) is 2.99. The standard InChI is InChI=1S/C9H8BrN3OS/c10-6-3-7(15-5-6)4-13-9(14)2-1-8(11)12-13/h1-3,5H,4H2,(H2,11,12). The molecule has 0 unspecified atom stereocenters. The van der Waals surface area contributed by atoms with Crippen LogP contribution in [0.1, 0.15) is 4.88 Å². The van der Waals surface area contributed by atoms with Gasteiger partial charge < -0.3 is 5.73 Å². The summed E-state index contributed by atoms with van der Waals surface area (Å²) in [6.45, 7) is 0.458. The summed E-state index contributed by atoms with van der Waals surface area (Å²) in [5, 5.41) is 5.92. The molecule has 0 aromatic carbocycles. The third-order valence-electron chi connectivity index (χ3n) is 1.81. The average Bonchev–Trinajstić information content (AvgIpc) is 2.58. The number of nitrogens with two attached hydrogens (primary N) is 1. The second-order valence-corrected chi connectivity index (χ2v) is 4.90. The quantitative estimate of drug-likeness (QED) is 0.914. The van der Waals surface area contributed by atoms with Gasteiger partial charge in [-0.3, -0.25) is 4.79 Å². The minimum Gasteiger partial charge on any atom is -0.382 e. The van der Waals surface area contributed by atoms with Gasteiger partial charge in [0.2, 0.25) is 0 Å². The fourth-order valence-corrected chi connectivity index (χ4v) is 2.59. The van der Waals surface area contributed by atoms with Crippen molar-refractivity contribution >= 4 is 33.1 Å². The Morgan fingerprint density at radius 1 is 1.53 bits per heavy atom. The first kappa shape index (κ1) is 10.4. The van der Waals surface area contributed by atoms with Gasteiger partial charge in [-0.1, -0.05) is 0 Å². The summed E-state index contributed by atoms with van der Waals surface area (Å²) in [4.78, 5) is 12.5. The van der Waals surface area contributed by atoms with Crippen molar-refractivity contribution in [3.05, 3.63) is 43.3 Å². The molecule has 6 heteroatoms. The van der Waals surface area contributed by atoms with Gasteiger partial charge in [0.15, 0.2) is 0 Å². The van der Waals surface area contributed by atoms with Crippen molar-refractivity contribution < 1.29 is 0 Å². The van der Waals surface area contributed by atoms with E-state index in [1.54, 1.807) is 11.3 Å². The van der Waals surface area contributed by atoms with E-state index in [0.717, 1.165) is 9.35 Å². The summed E-state index contributed by atoms with van der Waals surface area (Å²) in [6.07, 6.45) is 0. The molecule has 0 fully saturated rings. The van der Waals surface area contributed by atoms with E-state index in [2.05, 4.69) is 21.0 Å². The van der Waals surface area contributed by atoms with Crippen LogP contribution in [0.15, 0.2) is 32.8 Å².